The van der Waals surface area contributed by atoms with Crippen LogP contribution in [-0.4, -0.2) is 47.2 Å². The molecule has 2 fully saturated rings. The number of carbonyl (C=O) groups is 3. The first-order valence-corrected chi connectivity index (χ1v) is 7.19. The molecule has 3 rings (SSSR count). The van der Waals surface area contributed by atoms with Gasteiger partial charge < -0.3 is 4.90 Å². The number of likely N-dealkylation sites (tertiary alicyclic amines) is 2. The fraction of sp³-hybridized carbons (Fsp3) is 0.462. The van der Waals surface area contributed by atoms with E-state index in [1.54, 1.807) is 4.90 Å². The Labute approximate surface area is 114 Å². The molecule has 2 saturated heterocycles. The third-order valence-electron chi connectivity index (χ3n) is 3.57. The molecule has 1 aromatic heterocycles. The van der Waals surface area contributed by atoms with Gasteiger partial charge in [0.15, 0.2) is 0 Å². The highest BCUT2D eigenvalue weighted by atomic mass is 32.1. The molecule has 5 nitrogen and oxygen atoms in total. The SMILES string of the molecule is O=C(c1cccs1)N1CC(CN2C(=O)CCC2=O)C1. The molecular weight excluding hydrogens is 264 g/mol. The summed E-state index contributed by atoms with van der Waals surface area (Å²) < 4.78 is 0. The average Bonchev–Trinajstić information content (AvgIpc) is 2.96. The Balaban J connectivity index is 1.52. The van der Waals surface area contributed by atoms with Crippen LogP contribution in [0.1, 0.15) is 22.5 Å². The molecule has 3 amide bonds. The van der Waals surface area contributed by atoms with E-state index in [0.29, 0.717) is 32.5 Å². The fourth-order valence-corrected chi connectivity index (χ4v) is 3.18. The molecule has 2 aliphatic rings. The van der Waals surface area contributed by atoms with Gasteiger partial charge in [-0.25, -0.2) is 0 Å². The first-order chi connectivity index (χ1) is 9.15. The minimum atomic E-state index is -0.0759. The maximum absolute atomic E-state index is 12.0. The highest BCUT2D eigenvalue weighted by molar-refractivity contribution is 7.12. The van der Waals surface area contributed by atoms with Crippen molar-refractivity contribution in [1.82, 2.24) is 9.80 Å². The monoisotopic (exact) mass is 278 g/mol. The topological polar surface area (TPSA) is 57.7 Å². The van der Waals surface area contributed by atoms with Crippen LogP contribution >= 0.6 is 11.3 Å². The van der Waals surface area contributed by atoms with E-state index in [1.165, 1.54) is 16.2 Å². The first-order valence-electron chi connectivity index (χ1n) is 6.31. The number of nitrogens with zero attached hydrogens (tertiary/aromatic N) is 2. The summed E-state index contributed by atoms with van der Waals surface area (Å²) in [4.78, 5) is 38.8. The smallest absolute Gasteiger partial charge is 0.263 e. The maximum atomic E-state index is 12.0. The van der Waals surface area contributed by atoms with Crippen LogP contribution in [0.4, 0.5) is 0 Å². The lowest BCUT2D eigenvalue weighted by Crippen LogP contribution is -2.54. The number of amides is 3. The molecular formula is C13H14N2O3S. The molecule has 1 aromatic rings. The van der Waals surface area contributed by atoms with Crippen molar-refractivity contribution in [3.05, 3.63) is 22.4 Å². The molecule has 6 heteroatoms. The van der Waals surface area contributed by atoms with Gasteiger partial charge >= 0.3 is 0 Å². The van der Waals surface area contributed by atoms with E-state index in [1.807, 2.05) is 17.5 Å². The Kier molecular flexibility index (Phi) is 3.10. The summed E-state index contributed by atoms with van der Waals surface area (Å²) >= 11 is 1.43. The summed E-state index contributed by atoms with van der Waals surface area (Å²) in [5.74, 6) is 0.126. The molecule has 0 radical (unpaired) electrons. The van der Waals surface area contributed by atoms with Gasteiger partial charge in [-0.05, 0) is 11.4 Å². The van der Waals surface area contributed by atoms with Crippen LogP contribution in [0.15, 0.2) is 17.5 Å². The van der Waals surface area contributed by atoms with Gasteiger partial charge in [0.2, 0.25) is 11.8 Å². The van der Waals surface area contributed by atoms with Crippen LogP contribution in [0.25, 0.3) is 0 Å². The Morgan fingerprint density at radius 2 is 1.95 bits per heavy atom. The zero-order chi connectivity index (χ0) is 13.4. The van der Waals surface area contributed by atoms with E-state index >= 15 is 0 Å². The van der Waals surface area contributed by atoms with Gasteiger partial charge in [-0.2, -0.15) is 0 Å². The summed E-state index contributed by atoms with van der Waals surface area (Å²) in [5, 5.41) is 1.88. The number of rotatable bonds is 3. The molecule has 2 aliphatic heterocycles. The van der Waals surface area contributed by atoms with Gasteiger partial charge in [-0.3, -0.25) is 19.3 Å². The van der Waals surface area contributed by atoms with Gasteiger partial charge in [-0.15, -0.1) is 11.3 Å². The molecule has 3 heterocycles. The van der Waals surface area contributed by atoms with Crippen LogP contribution in [-0.2, 0) is 9.59 Å². The van der Waals surface area contributed by atoms with Crippen LogP contribution in [0.5, 0.6) is 0 Å². The number of hydrogen-bond acceptors (Lipinski definition) is 4. The minimum Gasteiger partial charge on any atom is -0.337 e. The van der Waals surface area contributed by atoms with E-state index in [2.05, 4.69) is 0 Å². The molecule has 19 heavy (non-hydrogen) atoms. The molecule has 0 saturated carbocycles. The van der Waals surface area contributed by atoms with Crippen molar-refractivity contribution in [3.8, 4) is 0 Å². The van der Waals surface area contributed by atoms with Gasteiger partial charge in [0.1, 0.15) is 0 Å². The Bertz CT molecular complexity index is 504. The fourth-order valence-electron chi connectivity index (χ4n) is 2.49. The standard InChI is InChI=1S/C13H14N2O3S/c16-11-3-4-12(17)15(11)8-9-6-14(7-9)13(18)10-2-1-5-19-10/h1-2,5,9H,3-4,6-8H2. The minimum absolute atomic E-state index is 0.0466. The van der Waals surface area contributed by atoms with Crippen molar-refractivity contribution >= 4 is 29.1 Å². The number of imide groups is 1. The number of thiophene rings is 1. The predicted molar refractivity (Wildman–Crippen MR) is 69.7 cm³/mol. The van der Waals surface area contributed by atoms with Crippen LogP contribution in [0, 0.1) is 5.92 Å². The van der Waals surface area contributed by atoms with Gasteiger partial charge in [-0.1, -0.05) is 6.07 Å². The third kappa shape index (κ3) is 2.28. The Morgan fingerprint density at radius 1 is 1.26 bits per heavy atom. The summed E-state index contributed by atoms with van der Waals surface area (Å²) in [6.07, 6.45) is 0.673. The van der Waals surface area contributed by atoms with Crippen LogP contribution in [0.3, 0.4) is 0 Å². The van der Waals surface area contributed by atoms with E-state index in [-0.39, 0.29) is 23.6 Å². The highest BCUT2D eigenvalue weighted by Crippen LogP contribution is 2.23. The number of hydrogen-bond donors (Lipinski definition) is 0. The number of carbonyl (C=O) groups excluding carboxylic acids is 3. The molecule has 0 atom stereocenters. The van der Waals surface area contributed by atoms with E-state index in [4.69, 9.17) is 0 Å². The molecule has 100 valence electrons. The lowest BCUT2D eigenvalue weighted by atomic mass is 9.99. The maximum Gasteiger partial charge on any atom is 0.263 e. The average molecular weight is 278 g/mol. The second-order valence-corrected chi connectivity index (χ2v) is 5.90. The van der Waals surface area contributed by atoms with Crippen molar-refractivity contribution in [2.75, 3.05) is 19.6 Å². The summed E-state index contributed by atoms with van der Waals surface area (Å²) in [7, 11) is 0. The molecule has 0 N–H and O–H groups in total. The normalized spacial score (nSPS) is 20.0. The van der Waals surface area contributed by atoms with Gasteiger partial charge in [0.05, 0.1) is 4.88 Å². The summed E-state index contributed by atoms with van der Waals surface area (Å²) in [5.41, 5.74) is 0. The van der Waals surface area contributed by atoms with Gasteiger partial charge in [0.25, 0.3) is 5.91 Å². The first kappa shape index (κ1) is 12.3. The lowest BCUT2D eigenvalue weighted by Gasteiger charge is -2.40. The second-order valence-electron chi connectivity index (χ2n) is 4.95. The zero-order valence-corrected chi connectivity index (χ0v) is 11.2. The molecule has 0 spiro atoms. The van der Waals surface area contributed by atoms with Crippen molar-refractivity contribution in [1.29, 1.82) is 0 Å². The van der Waals surface area contributed by atoms with Crippen LogP contribution in [0.2, 0.25) is 0 Å². The Hall–Kier alpha value is -1.69. The highest BCUT2D eigenvalue weighted by Gasteiger charge is 2.37. The lowest BCUT2D eigenvalue weighted by molar-refractivity contribution is -0.139. The molecule has 0 aliphatic carbocycles. The molecule has 0 bridgehead atoms. The molecule has 0 aromatic carbocycles. The van der Waals surface area contributed by atoms with Crippen molar-refractivity contribution in [2.45, 2.75) is 12.8 Å². The molecule has 0 unspecified atom stereocenters. The zero-order valence-electron chi connectivity index (χ0n) is 10.4. The predicted octanol–water partition coefficient (Wildman–Crippen LogP) is 0.969. The third-order valence-corrected chi connectivity index (χ3v) is 4.43. The van der Waals surface area contributed by atoms with E-state index < -0.39 is 0 Å². The summed E-state index contributed by atoms with van der Waals surface area (Å²) in [6, 6.07) is 3.67. The Morgan fingerprint density at radius 3 is 2.53 bits per heavy atom. The van der Waals surface area contributed by atoms with Gasteiger partial charge in [0, 0.05) is 38.4 Å². The van der Waals surface area contributed by atoms with Crippen molar-refractivity contribution in [3.63, 3.8) is 0 Å². The van der Waals surface area contributed by atoms with Crippen molar-refractivity contribution in [2.24, 2.45) is 5.92 Å². The second kappa shape index (κ2) is 4.77. The van der Waals surface area contributed by atoms with Crippen molar-refractivity contribution < 1.29 is 14.4 Å². The van der Waals surface area contributed by atoms with E-state index in [0.717, 1.165) is 4.88 Å². The summed E-state index contributed by atoms with van der Waals surface area (Å²) in [6.45, 7) is 1.73. The van der Waals surface area contributed by atoms with Crippen LogP contribution < -0.4 is 0 Å². The quantitative estimate of drug-likeness (QED) is 0.774. The largest absolute Gasteiger partial charge is 0.337 e. The van der Waals surface area contributed by atoms with E-state index in [9.17, 15) is 14.4 Å².